The molecule has 36 heavy (non-hydrogen) atoms. The molecule has 1 aromatic heterocycles. The molecule has 2 aromatic rings. The van der Waals surface area contributed by atoms with Crippen LogP contribution < -0.4 is 35.9 Å². The van der Waals surface area contributed by atoms with Crippen molar-refractivity contribution in [3.8, 4) is 17.2 Å². The Morgan fingerprint density at radius 2 is 1.81 bits per heavy atom. The first-order chi connectivity index (χ1) is 17.5. The van der Waals surface area contributed by atoms with Gasteiger partial charge in [-0.05, 0) is 50.6 Å². The third-order valence-corrected chi connectivity index (χ3v) is 5.89. The summed E-state index contributed by atoms with van der Waals surface area (Å²) in [6.45, 7) is 4.86. The van der Waals surface area contributed by atoms with Crippen molar-refractivity contribution in [2.45, 2.75) is 38.5 Å². The fraction of sp³-hybridized carbons (Fsp3) is 0.500. The molecular formula is C26H40N6O4. The van der Waals surface area contributed by atoms with E-state index in [1.165, 1.54) is 12.8 Å². The molecule has 10 nitrogen and oxygen atoms in total. The van der Waals surface area contributed by atoms with Gasteiger partial charge in [-0.15, -0.1) is 0 Å². The van der Waals surface area contributed by atoms with E-state index in [4.69, 9.17) is 19.9 Å². The number of anilines is 3. The molecule has 0 bridgehead atoms. The third kappa shape index (κ3) is 8.60. The SMILES string of the molecule is C=Nc1ccc(NC(=O)CC2CCCC2)nc1NCCCN.CNc1cc(OC)c(OC)c(OC)c1. The van der Waals surface area contributed by atoms with E-state index in [0.29, 0.717) is 60.0 Å². The lowest BCUT2D eigenvalue weighted by Gasteiger charge is -2.13. The van der Waals surface area contributed by atoms with Crippen LogP contribution in [0.25, 0.3) is 0 Å². The highest BCUT2D eigenvalue weighted by atomic mass is 16.5. The predicted octanol–water partition coefficient (Wildman–Crippen LogP) is 4.45. The van der Waals surface area contributed by atoms with Crippen molar-refractivity contribution in [1.82, 2.24) is 4.98 Å². The number of pyridine rings is 1. The van der Waals surface area contributed by atoms with Crippen molar-refractivity contribution in [1.29, 1.82) is 0 Å². The van der Waals surface area contributed by atoms with E-state index >= 15 is 0 Å². The molecule has 0 radical (unpaired) electrons. The number of ether oxygens (including phenoxy) is 3. The largest absolute Gasteiger partial charge is 0.493 e. The molecule has 0 aliphatic heterocycles. The summed E-state index contributed by atoms with van der Waals surface area (Å²) in [5.41, 5.74) is 7.07. The average molecular weight is 501 g/mol. The zero-order chi connectivity index (χ0) is 26.3. The van der Waals surface area contributed by atoms with E-state index in [-0.39, 0.29) is 5.91 Å². The maximum Gasteiger partial charge on any atom is 0.225 e. The first kappa shape index (κ1) is 28.7. The molecule has 3 rings (SSSR count). The Morgan fingerprint density at radius 3 is 2.33 bits per heavy atom. The van der Waals surface area contributed by atoms with Gasteiger partial charge in [-0.1, -0.05) is 12.8 Å². The number of hydrogen-bond acceptors (Lipinski definition) is 9. The lowest BCUT2D eigenvalue weighted by atomic mass is 10.0. The summed E-state index contributed by atoms with van der Waals surface area (Å²) in [5.74, 6) is 3.64. The molecule has 1 amide bonds. The molecule has 1 fully saturated rings. The van der Waals surface area contributed by atoms with Crippen LogP contribution in [0.4, 0.5) is 23.0 Å². The van der Waals surface area contributed by atoms with Gasteiger partial charge in [-0.3, -0.25) is 9.79 Å². The molecule has 1 saturated carbocycles. The summed E-state index contributed by atoms with van der Waals surface area (Å²) in [5, 5.41) is 9.06. The summed E-state index contributed by atoms with van der Waals surface area (Å²) in [7, 11) is 6.60. The van der Waals surface area contributed by atoms with Crippen LogP contribution in [0.1, 0.15) is 38.5 Å². The number of rotatable bonds is 12. The van der Waals surface area contributed by atoms with E-state index in [2.05, 4.69) is 32.6 Å². The summed E-state index contributed by atoms with van der Waals surface area (Å²) < 4.78 is 15.5. The van der Waals surface area contributed by atoms with Gasteiger partial charge in [0, 0.05) is 37.8 Å². The second kappa shape index (κ2) is 15.5. The minimum absolute atomic E-state index is 0.0339. The quantitative estimate of drug-likeness (QED) is 0.248. The number of nitrogens with zero attached hydrogens (tertiary/aromatic N) is 2. The number of nitrogens with one attached hydrogen (secondary N) is 3. The Hall–Kier alpha value is -3.53. The second-order valence-corrected chi connectivity index (χ2v) is 8.36. The molecule has 1 aliphatic carbocycles. The highest BCUT2D eigenvalue weighted by Gasteiger charge is 2.19. The normalized spacial score (nSPS) is 12.7. The molecule has 198 valence electrons. The molecule has 1 heterocycles. The summed E-state index contributed by atoms with van der Waals surface area (Å²) in [6.07, 6.45) is 6.23. The van der Waals surface area contributed by atoms with Gasteiger partial charge in [0.15, 0.2) is 17.3 Å². The van der Waals surface area contributed by atoms with Crippen molar-refractivity contribution in [3.05, 3.63) is 24.3 Å². The number of benzene rings is 1. The molecule has 1 aromatic carbocycles. The molecule has 5 N–H and O–H groups in total. The van der Waals surface area contributed by atoms with Crippen LogP contribution in [0.3, 0.4) is 0 Å². The van der Waals surface area contributed by atoms with Crippen LogP contribution >= 0.6 is 0 Å². The number of aromatic nitrogens is 1. The van der Waals surface area contributed by atoms with Crippen LogP contribution in [0.2, 0.25) is 0 Å². The molecule has 0 unspecified atom stereocenters. The zero-order valence-corrected chi connectivity index (χ0v) is 21.9. The van der Waals surface area contributed by atoms with Gasteiger partial charge in [0.25, 0.3) is 0 Å². The highest BCUT2D eigenvalue weighted by molar-refractivity contribution is 5.90. The van der Waals surface area contributed by atoms with Crippen molar-refractivity contribution in [2.75, 3.05) is 57.4 Å². The smallest absolute Gasteiger partial charge is 0.225 e. The Balaban J connectivity index is 0.000000281. The number of nitrogens with two attached hydrogens (primary N) is 1. The molecular weight excluding hydrogens is 460 g/mol. The minimum atomic E-state index is 0.0339. The number of aliphatic imine (C=N–C) groups is 1. The van der Waals surface area contributed by atoms with Gasteiger partial charge < -0.3 is 35.9 Å². The van der Waals surface area contributed by atoms with Crippen LogP contribution in [0, 0.1) is 5.92 Å². The van der Waals surface area contributed by atoms with Gasteiger partial charge in [0.2, 0.25) is 11.7 Å². The highest BCUT2D eigenvalue weighted by Crippen LogP contribution is 2.39. The first-order valence-corrected chi connectivity index (χ1v) is 12.2. The minimum Gasteiger partial charge on any atom is -0.493 e. The van der Waals surface area contributed by atoms with Crippen LogP contribution in [-0.2, 0) is 4.79 Å². The van der Waals surface area contributed by atoms with Crippen molar-refractivity contribution >= 4 is 35.6 Å². The molecule has 0 spiro atoms. The number of carbonyl (C=O) groups is 1. The topological polar surface area (TPSA) is 132 Å². The van der Waals surface area contributed by atoms with Crippen molar-refractivity contribution in [2.24, 2.45) is 16.6 Å². The van der Waals surface area contributed by atoms with E-state index in [1.54, 1.807) is 33.5 Å². The van der Waals surface area contributed by atoms with Crippen molar-refractivity contribution in [3.63, 3.8) is 0 Å². The Bertz CT molecular complexity index is 954. The van der Waals surface area contributed by atoms with E-state index in [0.717, 1.165) is 24.9 Å². The summed E-state index contributed by atoms with van der Waals surface area (Å²) in [6, 6.07) is 7.25. The number of carbonyl (C=O) groups excluding carboxylic acids is 1. The second-order valence-electron chi connectivity index (χ2n) is 8.36. The van der Waals surface area contributed by atoms with Crippen molar-refractivity contribution < 1.29 is 19.0 Å². The molecule has 10 heteroatoms. The third-order valence-electron chi connectivity index (χ3n) is 5.89. The van der Waals surface area contributed by atoms with Gasteiger partial charge in [-0.2, -0.15) is 0 Å². The van der Waals surface area contributed by atoms with Gasteiger partial charge in [-0.25, -0.2) is 4.98 Å². The number of amides is 1. The lowest BCUT2D eigenvalue weighted by molar-refractivity contribution is -0.117. The average Bonchev–Trinajstić information content (AvgIpc) is 3.41. The maximum absolute atomic E-state index is 12.1. The summed E-state index contributed by atoms with van der Waals surface area (Å²) in [4.78, 5) is 20.4. The monoisotopic (exact) mass is 500 g/mol. The lowest BCUT2D eigenvalue weighted by Crippen LogP contribution is -2.16. The van der Waals surface area contributed by atoms with Gasteiger partial charge in [0.05, 0.1) is 21.3 Å². The Morgan fingerprint density at radius 1 is 1.14 bits per heavy atom. The molecule has 0 atom stereocenters. The Kier molecular flexibility index (Phi) is 12.3. The predicted molar refractivity (Wildman–Crippen MR) is 146 cm³/mol. The van der Waals surface area contributed by atoms with E-state index in [1.807, 2.05) is 19.2 Å². The van der Waals surface area contributed by atoms with E-state index in [9.17, 15) is 4.79 Å². The fourth-order valence-electron chi connectivity index (χ4n) is 3.98. The number of hydrogen-bond donors (Lipinski definition) is 4. The fourth-order valence-corrected chi connectivity index (χ4v) is 3.98. The van der Waals surface area contributed by atoms with Gasteiger partial charge >= 0.3 is 0 Å². The van der Waals surface area contributed by atoms with E-state index < -0.39 is 0 Å². The maximum atomic E-state index is 12.1. The number of methoxy groups -OCH3 is 3. The summed E-state index contributed by atoms with van der Waals surface area (Å²) >= 11 is 0. The molecule has 1 aliphatic rings. The first-order valence-electron chi connectivity index (χ1n) is 12.2. The Labute approximate surface area is 214 Å². The standard InChI is InChI=1S/C16H25N5O.C10H15NO3/c1-18-13-7-8-14(21-16(13)19-10-4-9-17)20-15(22)11-12-5-2-3-6-12;1-11-7-5-8(12-2)10(14-4)9(6-7)13-3/h7-8,12H,1-6,9-11,17H2,(H2,19,20,21,22);5-6,11H,1-4H3. The zero-order valence-electron chi connectivity index (χ0n) is 21.9. The van der Waals surface area contributed by atoms with Gasteiger partial charge in [0.1, 0.15) is 11.5 Å². The van der Waals surface area contributed by atoms with Crippen LogP contribution in [-0.4, -0.2) is 59.1 Å². The molecule has 0 saturated heterocycles. The van der Waals surface area contributed by atoms with Crippen LogP contribution in [0.5, 0.6) is 17.2 Å². The van der Waals surface area contributed by atoms with Crippen LogP contribution in [0.15, 0.2) is 29.3 Å².